The van der Waals surface area contributed by atoms with Crippen LogP contribution >= 0.6 is 11.6 Å². The molecule has 0 saturated heterocycles. The summed E-state index contributed by atoms with van der Waals surface area (Å²) in [6.45, 7) is 9.95. The number of hydrogen-bond acceptors (Lipinski definition) is 9. The van der Waals surface area contributed by atoms with E-state index in [4.69, 9.17) is 21.1 Å². The molecule has 3 rings (SSSR count). The topological polar surface area (TPSA) is 147 Å². The summed E-state index contributed by atoms with van der Waals surface area (Å²) in [6.07, 6.45) is -2.95. The van der Waals surface area contributed by atoms with Gasteiger partial charge in [0.1, 0.15) is 16.4 Å². The van der Waals surface area contributed by atoms with Crippen molar-refractivity contribution in [3.63, 3.8) is 0 Å². The van der Waals surface area contributed by atoms with Crippen molar-refractivity contribution in [3.8, 4) is 5.75 Å². The van der Waals surface area contributed by atoms with Crippen LogP contribution in [0.5, 0.6) is 5.75 Å². The first-order valence-corrected chi connectivity index (χ1v) is 14.5. The summed E-state index contributed by atoms with van der Waals surface area (Å²) in [7, 11) is 1.45. The van der Waals surface area contributed by atoms with Gasteiger partial charge in [-0.1, -0.05) is 18.2 Å². The predicted molar refractivity (Wildman–Crippen MR) is 174 cm³/mol. The number of carbonyl (C=O) groups is 3. The molecule has 0 aliphatic heterocycles. The minimum Gasteiger partial charge on any atom is -0.497 e. The number of ether oxygens (including phenoxy) is 2. The maximum Gasteiger partial charge on any atom is 0.418 e. The minimum atomic E-state index is -4.83. The third kappa shape index (κ3) is 10.8. The number of hydrogen-bond donors (Lipinski definition) is 4. The molecule has 0 aliphatic carbocycles. The molecule has 0 unspecified atom stereocenters. The number of alkyl carbamates (subject to hydrolysis) is 1. The van der Waals surface area contributed by atoms with Crippen LogP contribution in [-0.2, 0) is 20.5 Å². The quantitative estimate of drug-likeness (QED) is 0.117. The van der Waals surface area contributed by atoms with Gasteiger partial charge in [-0.25, -0.2) is 9.78 Å². The summed E-state index contributed by atoms with van der Waals surface area (Å²) in [5.74, 6) is -0.750. The molecule has 16 heteroatoms. The molecule has 0 aliphatic rings. The van der Waals surface area contributed by atoms with Crippen molar-refractivity contribution in [2.24, 2.45) is 0 Å². The van der Waals surface area contributed by atoms with Crippen molar-refractivity contribution in [1.29, 1.82) is 0 Å². The highest BCUT2D eigenvalue weighted by molar-refractivity contribution is 6.33. The van der Waals surface area contributed by atoms with E-state index in [1.165, 1.54) is 37.3 Å². The van der Waals surface area contributed by atoms with Gasteiger partial charge in [-0.15, -0.1) is 0 Å². The highest BCUT2D eigenvalue weighted by atomic mass is 35.5. The molecule has 0 atom stereocenters. The van der Waals surface area contributed by atoms with Gasteiger partial charge in [-0.3, -0.25) is 9.59 Å². The van der Waals surface area contributed by atoms with E-state index in [1.807, 2.05) is 0 Å². The fraction of sp³-hybridized carbons (Fsp3) is 0.323. The Kier molecular flexibility index (Phi) is 12.0. The van der Waals surface area contributed by atoms with Crippen molar-refractivity contribution < 1.29 is 37.0 Å². The summed E-state index contributed by atoms with van der Waals surface area (Å²) >= 11 is 6.29. The molecule has 0 fully saturated rings. The lowest BCUT2D eigenvalue weighted by Gasteiger charge is -2.24. The Balaban J connectivity index is 1.84. The van der Waals surface area contributed by atoms with Crippen molar-refractivity contribution in [2.75, 3.05) is 41.0 Å². The zero-order valence-electron chi connectivity index (χ0n) is 26.3. The van der Waals surface area contributed by atoms with E-state index in [2.05, 4.69) is 37.8 Å². The molecule has 0 radical (unpaired) electrons. The molecular formula is C31H35ClF3N7O5. The maximum atomic E-state index is 14.3. The van der Waals surface area contributed by atoms with Crippen LogP contribution in [-0.4, -0.2) is 53.7 Å². The zero-order chi connectivity index (χ0) is 34.9. The van der Waals surface area contributed by atoms with Crippen molar-refractivity contribution in [1.82, 2.24) is 15.3 Å². The summed E-state index contributed by atoms with van der Waals surface area (Å²) in [4.78, 5) is 45.7. The van der Waals surface area contributed by atoms with Gasteiger partial charge in [0.05, 0.1) is 35.9 Å². The maximum absolute atomic E-state index is 14.3. The first-order chi connectivity index (χ1) is 22.0. The molecule has 4 N–H and O–H groups in total. The number of nitrogens with one attached hydrogen (secondary N) is 4. The number of carbonyl (C=O) groups excluding carboxylic acids is 3. The molecule has 1 aromatic heterocycles. The number of rotatable bonds is 12. The summed E-state index contributed by atoms with van der Waals surface area (Å²) < 4.78 is 53.2. The smallest absolute Gasteiger partial charge is 0.418 e. The molecule has 3 amide bonds. The van der Waals surface area contributed by atoms with E-state index in [1.54, 1.807) is 32.9 Å². The summed E-state index contributed by atoms with van der Waals surface area (Å²) in [5, 5.41) is 10.7. The number of methoxy groups -OCH3 is 1. The SMILES string of the molecule is C=CC(=O)Nc1cc(OC)ccc1Nc1nc(Nc2ccc(N(CCCNC(=O)OC(C)(C)C)C(C)=O)cc2C(F)(F)F)ncc1Cl. The van der Waals surface area contributed by atoms with Crippen molar-refractivity contribution in [2.45, 2.75) is 45.9 Å². The normalized spacial score (nSPS) is 11.3. The second kappa shape index (κ2) is 15.5. The van der Waals surface area contributed by atoms with E-state index in [9.17, 15) is 27.6 Å². The zero-order valence-corrected chi connectivity index (χ0v) is 27.1. The van der Waals surface area contributed by atoms with Crippen LogP contribution in [0.15, 0.2) is 55.3 Å². The average molecular weight is 678 g/mol. The number of halogens is 4. The van der Waals surface area contributed by atoms with Gasteiger partial charge in [0.2, 0.25) is 17.8 Å². The lowest BCUT2D eigenvalue weighted by molar-refractivity contribution is -0.137. The van der Waals surface area contributed by atoms with Crippen LogP contribution in [0.1, 0.15) is 39.7 Å². The largest absolute Gasteiger partial charge is 0.497 e. The van der Waals surface area contributed by atoms with Gasteiger partial charge >= 0.3 is 12.3 Å². The molecule has 3 aromatic rings. The number of amides is 3. The minimum absolute atomic E-state index is 0.000583. The average Bonchev–Trinajstić information content (AvgIpc) is 2.98. The van der Waals surface area contributed by atoms with Crippen LogP contribution < -0.4 is 30.9 Å². The molecule has 47 heavy (non-hydrogen) atoms. The van der Waals surface area contributed by atoms with Gasteiger partial charge in [0.15, 0.2) is 5.82 Å². The van der Waals surface area contributed by atoms with Gasteiger partial charge in [-0.2, -0.15) is 18.2 Å². The Morgan fingerprint density at radius 1 is 1.04 bits per heavy atom. The highest BCUT2D eigenvalue weighted by Crippen LogP contribution is 2.39. The second-order valence-electron chi connectivity index (χ2n) is 10.9. The standard InChI is InChI=1S/C31H35ClF3N7O5/c1-7-26(44)38-25-16-20(46-6)10-12-24(25)39-27-22(32)17-37-28(41-27)40-23-11-9-19(15-21(23)31(33,34)35)42(18(2)43)14-8-13-36-29(45)47-30(3,4)5/h7,9-12,15-17H,1,8,13-14H2,2-6H3,(H,36,45)(H,38,44)(H2,37,39,40,41). The molecule has 12 nitrogen and oxygen atoms in total. The van der Waals surface area contributed by atoms with Crippen LogP contribution in [0, 0.1) is 0 Å². The number of nitrogens with zero attached hydrogens (tertiary/aromatic N) is 3. The van der Waals surface area contributed by atoms with E-state index in [0.717, 1.165) is 18.2 Å². The van der Waals surface area contributed by atoms with Crippen LogP contribution in [0.4, 0.5) is 52.5 Å². The van der Waals surface area contributed by atoms with E-state index < -0.39 is 35.2 Å². The Bertz CT molecular complexity index is 1630. The lowest BCUT2D eigenvalue weighted by Crippen LogP contribution is -2.35. The fourth-order valence-electron chi connectivity index (χ4n) is 4.06. The molecule has 252 valence electrons. The molecule has 1 heterocycles. The first-order valence-electron chi connectivity index (χ1n) is 14.1. The third-order valence-corrected chi connectivity index (χ3v) is 6.42. The Labute approximate surface area is 274 Å². The Morgan fingerprint density at radius 2 is 1.74 bits per heavy atom. The van der Waals surface area contributed by atoms with Gasteiger partial charge in [0.25, 0.3) is 0 Å². The highest BCUT2D eigenvalue weighted by Gasteiger charge is 2.35. The van der Waals surface area contributed by atoms with Crippen molar-refractivity contribution >= 4 is 64.0 Å². The summed E-state index contributed by atoms with van der Waals surface area (Å²) in [5.41, 5.74) is -1.51. The first kappa shape index (κ1) is 36.4. The summed E-state index contributed by atoms with van der Waals surface area (Å²) in [6, 6.07) is 8.08. The monoisotopic (exact) mass is 677 g/mol. The van der Waals surface area contributed by atoms with Crippen LogP contribution in [0.2, 0.25) is 5.02 Å². The lowest BCUT2D eigenvalue weighted by atomic mass is 10.1. The van der Waals surface area contributed by atoms with Gasteiger partial charge in [-0.05, 0) is 63.6 Å². The molecule has 0 bridgehead atoms. The number of alkyl halides is 3. The van der Waals surface area contributed by atoms with Gasteiger partial charge < -0.3 is 35.6 Å². The molecule has 0 saturated carbocycles. The van der Waals surface area contributed by atoms with E-state index in [0.29, 0.717) is 17.1 Å². The fourth-order valence-corrected chi connectivity index (χ4v) is 4.20. The number of aromatic nitrogens is 2. The van der Waals surface area contributed by atoms with Crippen molar-refractivity contribution in [3.05, 3.63) is 65.8 Å². The predicted octanol–water partition coefficient (Wildman–Crippen LogP) is 7.04. The van der Waals surface area contributed by atoms with E-state index >= 15 is 0 Å². The third-order valence-electron chi connectivity index (χ3n) is 6.14. The Morgan fingerprint density at radius 3 is 2.36 bits per heavy atom. The van der Waals surface area contributed by atoms with Gasteiger partial charge in [0, 0.05) is 31.8 Å². The molecular weight excluding hydrogens is 643 g/mol. The second-order valence-corrected chi connectivity index (χ2v) is 11.3. The number of benzene rings is 2. The molecule has 0 spiro atoms. The van der Waals surface area contributed by atoms with E-state index in [-0.39, 0.29) is 47.7 Å². The Hall–Kier alpha value is -5.05. The van der Waals surface area contributed by atoms with Crippen LogP contribution in [0.3, 0.4) is 0 Å². The molecule has 2 aromatic carbocycles. The van der Waals surface area contributed by atoms with Crippen LogP contribution in [0.25, 0.3) is 0 Å². The number of anilines is 6.